The first kappa shape index (κ1) is 14.2. The molecule has 7 atom stereocenters. The topological polar surface area (TPSA) is 17.1 Å². The Balaban J connectivity index is 1.64. The number of hydrogen-bond acceptors (Lipinski definition) is 1. The van der Waals surface area contributed by atoms with Gasteiger partial charge in [0.25, 0.3) is 0 Å². The van der Waals surface area contributed by atoms with Crippen LogP contribution in [0.2, 0.25) is 0 Å². The number of rotatable bonds is 0. The lowest BCUT2D eigenvalue weighted by Crippen LogP contribution is -2.53. The minimum Gasteiger partial charge on any atom is -0.299 e. The Morgan fingerprint density at radius 1 is 1.00 bits per heavy atom. The van der Waals surface area contributed by atoms with Crippen LogP contribution in [-0.4, -0.2) is 12.0 Å². The van der Waals surface area contributed by atoms with Crippen LogP contribution in [-0.2, 0) is 4.79 Å². The summed E-state index contributed by atoms with van der Waals surface area (Å²) in [4.78, 5) is 12.4. The first-order chi connectivity index (χ1) is 9.95. The summed E-state index contributed by atoms with van der Waals surface area (Å²) in [6, 6.07) is 0. The summed E-state index contributed by atoms with van der Waals surface area (Å²) in [7, 11) is 0. The van der Waals surface area contributed by atoms with E-state index in [-0.39, 0.29) is 5.41 Å². The van der Waals surface area contributed by atoms with Crippen LogP contribution in [0.15, 0.2) is 0 Å². The fourth-order valence-corrected chi connectivity index (χ4v) is 6.98. The molecule has 4 fully saturated rings. The normalized spacial score (nSPS) is 56.5. The Morgan fingerprint density at radius 2 is 1.81 bits per heavy atom. The van der Waals surface area contributed by atoms with Gasteiger partial charge in [0.1, 0.15) is 12.0 Å². The largest absolute Gasteiger partial charge is 0.299 e. The summed E-state index contributed by atoms with van der Waals surface area (Å²) >= 11 is 0. The summed E-state index contributed by atoms with van der Waals surface area (Å²) in [6.07, 6.45) is 8.83. The van der Waals surface area contributed by atoms with Crippen molar-refractivity contribution in [2.75, 3.05) is 0 Å². The Bertz CT molecular complexity index is 460. The van der Waals surface area contributed by atoms with E-state index in [1.807, 2.05) is 0 Å². The maximum absolute atomic E-state index is 13.8. The molecule has 2 heteroatoms. The highest BCUT2D eigenvalue weighted by Crippen LogP contribution is 2.65. The van der Waals surface area contributed by atoms with Gasteiger partial charge in [0.05, 0.1) is 0 Å². The highest BCUT2D eigenvalue weighted by Gasteiger charge is 2.60. The zero-order valence-electron chi connectivity index (χ0n) is 13.5. The SMILES string of the molecule is C[C@]12CC[C@H](F)C[C@@H]1CC[C@@H]1[C@@H]2CC[C@]2(C)C(=O)CC[C@@H]12. The Hall–Kier alpha value is -0.400. The molecule has 4 aliphatic rings. The van der Waals surface area contributed by atoms with Crippen molar-refractivity contribution in [3.8, 4) is 0 Å². The molecule has 1 nitrogen and oxygen atoms in total. The molecule has 0 spiro atoms. The molecule has 0 saturated heterocycles. The van der Waals surface area contributed by atoms with Crippen LogP contribution in [0, 0.1) is 34.5 Å². The van der Waals surface area contributed by atoms with Crippen molar-refractivity contribution in [1.82, 2.24) is 0 Å². The van der Waals surface area contributed by atoms with Gasteiger partial charge in [0, 0.05) is 11.8 Å². The van der Waals surface area contributed by atoms with Gasteiger partial charge in [-0.05, 0) is 80.5 Å². The van der Waals surface area contributed by atoms with E-state index in [1.54, 1.807) is 0 Å². The van der Waals surface area contributed by atoms with Gasteiger partial charge < -0.3 is 0 Å². The van der Waals surface area contributed by atoms with Gasteiger partial charge in [0.15, 0.2) is 0 Å². The molecular formula is C19H29FO. The number of hydrogen-bond donors (Lipinski definition) is 0. The molecule has 0 unspecified atom stereocenters. The number of Topliss-reactive ketones (excluding diaryl/α,β-unsaturated/α-hetero) is 1. The van der Waals surface area contributed by atoms with Gasteiger partial charge in [-0.2, -0.15) is 0 Å². The lowest BCUT2D eigenvalue weighted by molar-refractivity contribution is -0.140. The third kappa shape index (κ3) is 1.83. The Morgan fingerprint density at radius 3 is 2.62 bits per heavy atom. The van der Waals surface area contributed by atoms with Gasteiger partial charge in [-0.25, -0.2) is 4.39 Å². The van der Waals surface area contributed by atoms with E-state index in [0.29, 0.717) is 23.0 Å². The molecule has 0 aliphatic heterocycles. The van der Waals surface area contributed by atoms with Crippen LogP contribution in [0.3, 0.4) is 0 Å². The van der Waals surface area contributed by atoms with E-state index >= 15 is 0 Å². The number of alkyl halides is 1. The molecule has 4 saturated carbocycles. The summed E-state index contributed by atoms with van der Waals surface area (Å²) in [6.45, 7) is 4.70. The average Bonchev–Trinajstić information content (AvgIpc) is 2.76. The fraction of sp³-hybridized carbons (Fsp3) is 0.947. The lowest BCUT2D eigenvalue weighted by Gasteiger charge is -2.59. The molecule has 4 aliphatic carbocycles. The molecular weight excluding hydrogens is 263 g/mol. The molecule has 0 heterocycles. The van der Waals surface area contributed by atoms with Gasteiger partial charge in [-0.15, -0.1) is 0 Å². The minimum absolute atomic E-state index is 0.0122. The predicted octanol–water partition coefficient (Wildman–Crippen LogP) is 4.94. The molecule has 118 valence electrons. The van der Waals surface area contributed by atoms with Crippen LogP contribution in [0.25, 0.3) is 0 Å². The molecule has 4 rings (SSSR count). The molecule has 0 amide bonds. The number of fused-ring (bicyclic) bond motifs is 5. The smallest absolute Gasteiger partial charge is 0.139 e. The second-order valence-corrected chi connectivity index (χ2v) is 8.95. The number of halogens is 1. The average molecular weight is 292 g/mol. The monoisotopic (exact) mass is 292 g/mol. The molecule has 0 aromatic rings. The van der Waals surface area contributed by atoms with Gasteiger partial charge >= 0.3 is 0 Å². The van der Waals surface area contributed by atoms with Crippen LogP contribution in [0.5, 0.6) is 0 Å². The van der Waals surface area contributed by atoms with Gasteiger partial charge in [-0.1, -0.05) is 13.8 Å². The molecule has 0 N–H and O–H groups in total. The molecule has 0 bridgehead atoms. The maximum atomic E-state index is 13.8. The van der Waals surface area contributed by atoms with Crippen molar-refractivity contribution in [2.24, 2.45) is 34.5 Å². The highest BCUT2D eigenvalue weighted by molar-refractivity contribution is 5.87. The fourth-order valence-electron chi connectivity index (χ4n) is 6.98. The van der Waals surface area contributed by atoms with Crippen LogP contribution in [0.4, 0.5) is 4.39 Å². The quantitative estimate of drug-likeness (QED) is 0.618. The van der Waals surface area contributed by atoms with Crippen molar-refractivity contribution >= 4 is 5.78 Å². The van der Waals surface area contributed by atoms with Crippen molar-refractivity contribution in [2.45, 2.75) is 77.8 Å². The number of carbonyl (C=O) groups excluding carboxylic acids is 1. The third-order valence-electron chi connectivity index (χ3n) is 8.31. The molecule has 21 heavy (non-hydrogen) atoms. The molecule has 0 aromatic heterocycles. The Labute approximate surface area is 128 Å². The summed E-state index contributed by atoms with van der Waals surface area (Å²) < 4.78 is 13.8. The first-order valence-electron chi connectivity index (χ1n) is 9.12. The van der Waals surface area contributed by atoms with Crippen LogP contribution in [0.1, 0.15) is 71.6 Å². The van der Waals surface area contributed by atoms with Crippen LogP contribution >= 0.6 is 0 Å². The van der Waals surface area contributed by atoms with Crippen molar-refractivity contribution < 1.29 is 9.18 Å². The van der Waals surface area contributed by atoms with E-state index in [0.717, 1.165) is 50.4 Å². The van der Waals surface area contributed by atoms with Gasteiger partial charge in [-0.3, -0.25) is 4.79 Å². The maximum Gasteiger partial charge on any atom is 0.139 e. The Kier molecular flexibility index (Phi) is 3.08. The van der Waals surface area contributed by atoms with Gasteiger partial charge in [0.2, 0.25) is 0 Å². The number of carbonyl (C=O) groups is 1. The second kappa shape index (κ2) is 4.55. The van der Waals surface area contributed by atoms with Crippen molar-refractivity contribution in [3.63, 3.8) is 0 Å². The summed E-state index contributed by atoms with van der Waals surface area (Å²) in [5, 5.41) is 0. The second-order valence-electron chi connectivity index (χ2n) is 8.95. The lowest BCUT2D eigenvalue weighted by atomic mass is 9.45. The zero-order chi connectivity index (χ0) is 14.8. The standard InChI is InChI=1S/C19H29FO/c1-18-9-7-13(20)11-12(18)3-4-14-15-5-6-17(21)19(15,2)10-8-16(14)18/h12-16H,3-11H2,1-2H3/t12-,13-,14-,15-,16-,18-,19-/m0/s1. The number of ketones is 1. The predicted molar refractivity (Wildman–Crippen MR) is 81.6 cm³/mol. The van der Waals surface area contributed by atoms with E-state index in [9.17, 15) is 9.18 Å². The first-order valence-corrected chi connectivity index (χ1v) is 9.12. The minimum atomic E-state index is -0.554. The third-order valence-corrected chi connectivity index (χ3v) is 8.31. The summed E-state index contributed by atoms with van der Waals surface area (Å²) in [5.41, 5.74) is 0.347. The van der Waals surface area contributed by atoms with Crippen molar-refractivity contribution in [3.05, 3.63) is 0 Å². The van der Waals surface area contributed by atoms with E-state index in [1.165, 1.54) is 19.3 Å². The van der Waals surface area contributed by atoms with Crippen LogP contribution < -0.4 is 0 Å². The zero-order valence-corrected chi connectivity index (χ0v) is 13.5. The van der Waals surface area contributed by atoms with E-state index in [2.05, 4.69) is 13.8 Å². The highest BCUT2D eigenvalue weighted by atomic mass is 19.1. The van der Waals surface area contributed by atoms with E-state index in [4.69, 9.17) is 0 Å². The molecule has 0 aromatic carbocycles. The molecule has 0 radical (unpaired) electrons. The summed E-state index contributed by atoms with van der Waals surface area (Å²) in [5.74, 6) is 3.26. The van der Waals surface area contributed by atoms with E-state index < -0.39 is 6.17 Å². The van der Waals surface area contributed by atoms with Crippen molar-refractivity contribution in [1.29, 1.82) is 0 Å².